The first-order valence-electron chi connectivity index (χ1n) is 11.3. The SMILES string of the molecule is C[n+]1ccc(SCC2=C(C(=O)OC(c3ccccc3)c3ccccc3)N3C(=O)[C@@H](N)[C@H]3SC2)cc1.[Br-]. The zero-order valence-electron chi connectivity index (χ0n) is 19.6. The Kier molecular flexibility index (Phi) is 8.56. The number of benzene rings is 2. The van der Waals surface area contributed by atoms with Crippen molar-refractivity contribution in [2.45, 2.75) is 22.4 Å². The number of thioether (sulfide) groups is 2. The highest BCUT2D eigenvalue weighted by molar-refractivity contribution is 8.01. The van der Waals surface area contributed by atoms with Crippen LogP contribution in [0.1, 0.15) is 17.2 Å². The molecule has 2 aliphatic rings. The molecule has 0 aliphatic carbocycles. The molecule has 3 aromatic rings. The molecular formula is C27H26BrN3O3S2. The smallest absolute Gasteiger partial charge is 0.356 e. The summed E-state index contributed by atoms with van der Waals surface area (Å²) < 4.78 is 8.12. The monoisotopic (exact) mass is 583 g/mol. The lowest BCUT2D eigenvalue weighted by Gasteiger charge is -2.48. The second-order valence-electron chi connectivity index (χ2n) is 8.48. The zero-order valence-corrected chi connectivity index (χ0v) is 22.8. The highest BCUT2D eigenvalue weighted by atomic mass is 79.9. The van der Waals surface area contributed by atoms with Crippen LogP contribution in [0.5, 0.6) is 0 Å². The lowest BCUT2D eigenvalue weighted by atomic mass is 10.0. The fourth-order valence-corrected chi connectivity index (χ4v) is 6.50. The van der Waals surface area contributed by atoms with Crippen molar-refractivity contribution in [1.82, 2.24) is 4.90 Å². The Labute approximate surface area is 229 Å². The van der Waals surface area contributed by atoms with Gasteiger partial charge in [-0.15, -0.1) is 23.5 Å². The van der Waals surface area contributed by atoms with Crippen molar-refractivity contribution < 1.29 is 35.9 Å². The van der Waals surface area contributed by atoms with Crippen molar-refractivity contribution in [3.05, 3.63) is 108 Å². The van der Waals surface area contributed by atoms with Gasteiger partial charge in [0.15, 0.2) is 18.5 Å². The third-order valence-electron chi connectivity index (χ3n) is 6.07. The molecular weight excluding hydrogens is 558 g/mol. The number of β-lactam (4-membered cyclic amide) rings is 1. The number of amides is 1. The van der Waals surface area contributed by atoms with Crippen LogP contribution in [0.25, 0.3) is 0 Å². The Hall–Kier alpha value is -2.59. The molecule has 0 spiro atoms. The van der Waals surface area contributed by atoms with Gasteiger partial charge in [0.05, 0.1) is 0 Å². The molecule has 0 unspecified atom stereocenters. The van der Waals surface area contributed by atoms with Crippen molar-refractivity contribution in [2.24, 2.45) is 12.8 Å². The van der Waals surface area contributed by atoms with Crippen molar-refractivity contribution >= 4 is 35.4 Å². The lowest BCUT2D eigenvalue weighted by molar-refractivity contribution is -0.671. The first kappa shape index (κ1) is 26.5. The van der Waals surface area contributed by atoms with E-state index in [2.05, 4.69) is 0 Å². The summed E-state index contributed by atoms with van der Waals surface area (Å²) in [5, 5.41) is -0.235. The number of esters is 1. The van der Waals surface area contributed by atoms with E-state index in [0.29, 0.717) is 17.2 Å². The zero-order chi connectivity index (χ0) is 24.4. The molecule has 2 aliphatic heterocycles. The van der Waals surface area contributed by atoms with Gasteiger partial charge in [-0.3, -0.25) is 9.69 Å². The van der Waals surface area contributed by atoms with Gasteiger partial charge in [-0.2, -0.15) is 0 Å². The fourth-order valence-electron chi connectivity index (χ4n) is 4.18. The molecule has 5 rings (SSSR count). The molecule has 1 amide bonds. The predicted molar refractivity (Wildman–Crippen MR) is 137 cm³/mol. The molecule has 6 nitrogen and oxygen atoms in total. The van der Waals surface area contributed by atoms with Crippen molar-refractivity contribution in [3.8, 4) is 0 Å². The van der Waals surface area contributed by atoms with Gasteiger partial charge in [-0.25, -0.2) is 9.36 Å². The number of pyridine rings is 1. The van der Waals surface area contributed by atoms with E-state index in [9.17, 15) is 9.59 Å². The molecule has 1 saturated heterocycles. The second kappa shape index (κ2) is 11.6. The van der Waals surface area contributed by atoms with Crippen molar-refractivity contribution in [2.75, 3.05) is 11.5 Å². The van der Waals surface area contributed by atoms with E-state index in [1.165, 1.54) is 4.90 Å². The maximum Gasteiger partial charge on any atom is 0.356 e. The standard InChI is InChI=1S/C27H26N3O3S2.BrH/c1-29-14-12-21(13-15-29)34-16-20-17-35-26-22(28)25(31)30(26)23(20)27(32)33-24(18-8-4-2-5-9-18)19-10-6-3-7-11-19;/h2-15,22,24,26H,16-17,28H2,1H3;1H/q+1;/p-1/t22-,26-;/m1./s1. The first-order chi connectivity index (χ1) is 17.0. The second-order valence-corrected chi connectivity index (χ2v) is 10.6. The van der Waals surface area contributed by atoms with E-state index in [1.54, 1.807) is 23.5 Å². The minimum atomic E-state index is -0.592. The maximum absolute atomic E-state index is 13.7. The Balaban J connectivity index is 0.00000304. The number of nitrogens with two attached hydrogens (primary N) is 1. The van der Waals surface area contributed by atoms with Crippen LogP contribution in [0.2, 0.25) is 0 Å². The van der Waals surface area contributed by atoms with Crippen molar-refractivity contribution in [1.29, 1.82) is 0 Å². The van der Waals surface area contributed by atoms with E-state index in [4.69, 9.17) is 10.5 Å². The van der Waals surface area contributed by atoms with Crippen LogP contribution in [-0.2, 0) is 21.4 Å². The molecule has 2 aromatic carbocycles. The molecule has 2 N–H and O–H groups in total. The Morgan fingerprint density at radius 2 is 1.67 bits per heavy atom. The molecule has 2 atom stereocenters. The van der Waals surface area contributed by atoms with Gasteiger partial charge >= 0.3 is 5.97 Å². The Morgan fingerprint density at radius 3 is 2.25 bits per heavy atom. The van der Waals surface area contributed by atoms with Crippen LogP contribution in [0.3, 0.4) is 0 Å². The summed E-state index contributed by atoms with van der Waals surface area (Å²) in [6.45, 7) is 0. The third-order valence-corrected chi connectivity index (χ3v) is 8.53. The number of rotatable bonds is 7. The van der Waals surface area contributed by atoms with Crippen LogP contribution in [0, 0.1) is 0 Å². The van der Waals surface area contributed by atoms with Crippen LogP contribution in [0.15, 0.2) is 101 Å². The molecule has 1 aromatic heterocycles. The maximum atomic E-state index is 13.7. The van der Waals surface area contributed by atoms with E-state index < -0.39 is 18.1 Å². The first-order valence-corrected chi connectivity index (χ1v) is 13.4. The van der Waals surface area contributed by atoms with Gasteiger partial charge in [-0.05, 0) is 16.7 Å². The minimum absolute atomic E-state index is 0. The summed E-state index contributed by atoms with van der Waals surface area (Å²) in [6, 6.07) is 22.8. The minimum Gasteiger partial charge on any atom is -1.00 e. The fraction of sp³-hybridized carbons (Fsp3) is 0.222. The average molecular weight is 585 g/mol. The van der Waals surface area contributed by atoms with Crippen LogP contribution in [0.4, 0.5) is 0 Å². The summed E-state index contributed by atoms with van der Waals surface area (Å²) in [7, 11) is 1.97. The normalized spacial score (nSPS) is 18.9. The number of carbonyl (C=O) groups is 2. The number of aromatic nitrogens is 1. The summed E-state index contributed by atoms with van der Waals surface area (Å²) in [6.07, 6.45) is 3.39. The van der Waals surface area contributed by atoms with Crippen LogP contribution >= 0.6 is 23.5 Å². The molecule has 3 heterocycles. The highest BCUT2D eigenvalue weighted by Gasteiger charge is 2.52. The summed E-state index contributed by atoms with van der Waals surface area (Å²) in [5.41, 5.74) is 9.01. The lowest BCUT2D eigenvalue weighted by Crippen LogP contribution is -3.00. The topological polar surface area (TPSA) is 76.5 Å². The Morgan fingerprint density at radius 1 is 1.08 bits per heavy atom. The number of nitrogens with zero attached hydrogens (tertiary/aromatic N) is 2. The summed E-state index contributed by atoms with van der Waals surface area (Å²) in [5.74, 6) is 0.474. The van der Waals surface area contributed by atoms with Gasteiger partial charge in [0.1, 0.15) is 24.2 Å². The molecule has 9 heteroatoms. The molecule has 0 bridgehead atoms. The van der Waals surface area contributed by atoms with Gasteiger partial charge in [0, 0.05) is 28.5 Å². The summed E-state index contributed by atoms with van der Waals surface area (Å²) in [4.78, 5) is 29.1. The number of hydrogen-bond donors (Lipinski definition) is 1. The van der Waals surface area contributed by atoms with Crippen LogP contribution < -0.4 is 27.3 Å². The van der Waals surface area contributed by atoms with Crippen LogP contribution in [-0.4, -0.2) is 39.7 Å². The number of fused-ring (bicyclic) bond motifs is 1. The molecule has 186 valence electrons. The molecule has 1 fully saturated rings. The highest BCUT2D eigenvalue weighted by Crippen LogP contribution is 2.42. The molecule has 0 radical (unpaired) electrons. The predicted octanol–water partition coefficient (Wildman–Crippen LogP) is 0.437. The number of halogens is 1. The molecule has 36 heavy (non-hydrogen) atoms. The van der Waals surface area contributed by atoms with E-state index in [0.717, 1.165) is 21.6 Å². The average Bonchev–Trinajstić information content (AvgIpc) is 2.91. The third kappa shape index (κ3) is 5.39. The number of ether oxygens (including phenoxy) is 1. The van der Waals surface area contributed by atoms with Gasteiger partial charge in [0.2, 0.25) is 5.91 Å². The van der Waals surface area contributed by atoms with Gasteiger partial charge in [-0.1, -0.05) is 60.7 Å². The molecule has 0 saturated carbocycles. The van der Waals surface area contributed by atoms with Gasteiger partial charge < -0.3 is 27.5 Å². The van der Waals surface area contributed by atoms with E-state index in [1.807, 2.05) is 96.8 Å². The number of hydrogen-bond acceptors (Lipinski definition) is 6. The van der Waals surface area contributed by atoms with E-state index >= 15 is 0 Å². The van der Waals surface area contributed by atoms with Crippen molar-refractivity contribution in [3.63, 3.8) is 0 Å². The summed E-state index contributed by atoms with van der Waals surface area (Å²) >= 11 is 3.24. The largest absolute Gasteiger partial charge is 1.00 e. The Bertz CT molecular complexity index is 1220. The van der Waals surface area contributed by atoms with Gasteiger partial charge in [0.25, 0.3) is 0 Å². The quantitative estimate of drug-likeness (QED) is 0.188. The number of carbonyl (C=O) groups excluding carboxylic acids is 2. The number of aryl methyl sites for hydroxylation is 1. The van der Waals surface area contributed by atoms with E-state index in [-0.39, 0.29) is 28.3 Å².